The first kappa shape index (κ1) is 16.5. The van der Waals surface area contributed by atoms with Gasteiger partial charge in [0.1, 0.15) is 0 Å². The third-order valence-electron chi connectivity index (χ3n) is 3.96. The Morgan fingerprint density at radius 1 is 1.25 bits per heavy atom. The number of hydrogen-bond donors (Lipinski definition) is 2. The standard InChI is InChI=1S/C16H19N3O4S/c17-24(21,22)15-8-7-14(23-15)16(20)18-9-11-19-10-3-5-12-4-1-2-6-13(12)19/h1-2,4,6-8H,3,5,9-11H2,(H,18,20)(H2,17,21,22). The molecule has 0 bridgehead atoms. The first-order valence-corrected chi connectivity index (χ1v) is 9.23. The molecule has 0 spiro atoms. The minimum atomic E-state index is -3.94. The molecule has 1 aromatic carbocycles. The lowest BCUT2D eigenvalue weighted by molar-refractivity contribution is 0.0921. The summed E-state index contributed by atoms with van der Waals surface area (Å²) < 4.78 is 27.3. The molecule has 3 rings (SSSR count). The Balaban J connectivity index is 1.57. The van der Waals surface area contributed by atoms with Gasteiger partial charge in [0, 0.05) is 25.3 Å². The minimum Gasteiger partial charge on any atom is -0.438 e. The Hall–Kier alpha value is -2.32. The van der Waals surface area contributed by atoms with Gasteiger partial charge in [0.05, 0.1) is 0 Å². The normalized spacial score (nSPS) is 14.3. The fourth-order valence-corrected chi connectivity index (χ4v) is 3.29. The zero-order chi connectivity index (χ0) is 17.2. The number of anilines is 1. The van der Waals surface area contributed by atoms with E-state index in [4.69, 9.17) is 9.56 Å². The molecule has 0 fully saturated rings. The molecule has 0 saturated carbocycles. The van der Waals surface area contributed by atoms with Crippen LogP contribution >= 0.6 is 0 Å². The average molecular weight is 349 g/mol. The van der Waals surface area contributed by atoms with E-state index in [1.54, 1.807) is 0 Å². The van der Waals surface area contributed by atoms with E-state index >= 15 is 0 Å². The average Bonchev–Trinajstić information content (AvgIpc) is 3.05. The summed E-state index contributed by atoms with van der Waals surface area (Å²) in [6.07, 6.45) is 2.16. The van der Waals surface area contributed by atoms with Crippen LogP contribution < -0.4 is 15.4 Å². The Morgan fingerprint density at radius 3 is 2.79 bits per heavy atom. The number of fused-ring (bicyclic) bond motifs is 1. The van der Waals surface area contributed by atoms with Crippen molar-refractivity contribution in [2.45, 2.75) is 17.9 Å². The van der Waals surface area contributed by atoms with E-state index in [-0.39, 0.29) is 5.76 Å². The van der Waals surface area contributed by atoms with Crippen molar-refractivity contribution in [1.82, 2.24) is 5.32 Å². The highest BCUT2D eigenvalue weighted by molar-refractivity contribution is 7.89. The van der Waals surface area contributed by atoms with Crippen LogP contribution in [0.15, 0.2) is 45.9 Å². The number of primary sulfonamides is 1. The van der Waals surface area contributed by atoms with Crippen molar-refractivity contribution < 1.29 is 17.6 Å². The van der Waals surface area contributed by atoms with Crippen LogP contribution in [0.3, 0.4) is 0 Å². The number of nitrogens with two attached hydrogens (primary N) is 1. The number of rotatable bonds is 5. The number of furan rings is 1. The van der Waals surface area contributed by atoms with Gasteiger partial charge in [-0.05, 0) is 36.6 Å². The van der Waals surface area contributed by atoms with E-state index in [0.717, 1.165) is 19.4 Å². The zero-order valence-corrected chi connectivity index (χ0v) is 13.9. The van der Waals surface area contributed by atoms with Gasteiger partial charge in [0.25, 0.3) is 15.9 Å². The van der Waals surface area contributed by atoms with Crippen LogP contribution in [-0.4, -0.2) is 34.0 Å². The van der Waals surface area contributed by atoms with E-state index in [2.05, 4.69) is 22.3 Å². The molecule has 0 unspecified atom stereocenters. The topological polar surface area (TPSA) is 106 Å². The lowest BCUT2D eigenvalue weighted by Gasteiger charge is -2.31. The van der Waals surface area contributed by atoms with Crippen molar-refractivity contribution in [3.63, 3.8) is 0 Å². The van der Waals surface area contributed by atoms with Crippen molar-refractivity contribution in [3.05, 3.63) is 47.7 Å². The van der Waals surface area contributed by atoms with E-state index in [0.29, 0.717) is 13.1 Å². The van der Waals surface area contributed by atoms with Crippen molar-refractivity contribution in [2.24, 2.45) is 5.14 Å². The highest BCUT2D eigenvalue weighted by Gasteiger charge is 2.19. The third-order valence-corrected chi connectivity index (χ3v) is 4.74. The van der Waals surface area contributed by atoms with Crippen LogP contribution in [0.4, 0.5) is 5.69 Å². The first-order chi connectivity index (χ1) is 11.4. The Bertz CT molecular complexity index is 845. The quantitative estimate of drug-likeness (QED) is 0.841. The van der Waals surface area contributed by atoms with Crippen LogP contribution in [0.1, 0.15) is 22.5 Å². The van der Waals surface area contributed by atoms with Crippen LogP contribution in [0.2, 0.25) is 0 Å². The molecule has 7 nitrogen and oxygen atoms in total. The molecule has 1 aliphatic heterocycles. The number of nitrogens with zero attached hydrogens (tertiary/aromatic N) is 1. The summed E-state index contributed by atoms with van der Waals surface area (Å²) in [5, 5.41) is 7.27. The van der Waals surface area contributed by atoms with E-state index in [9.17, 15) is 13.2 Å². The first-order valence-electron chi connectivity index (χ1n) is 7.69. The second kappa shape index (κ2) is 6.66. The monoisotopic (exact) mass is 349 g/mol. The predicted molar refractivity (Wildman–Crippen MR) is 89.4 cm³/mol. The molecule has 0 saturated heterocycles. The molecule has 0 radical (unpaired) electrons. The maximum absolute atomic E-state index is 12.0. The molecule has 1 aromatic heterocycles. The zero-order valence-electron chi connectivity index (χ0n) is 13.1. The molecule has 2 heterocycles. The maximum Gasteiger partial charge on any atom is 0.287 e. The summed E-state index contributed by atoms with van der Waals surface area (Å²) in [6, 6.07) is 10.7. The van der Waals surface area contributed by atoms with Crippen LogP contribution in [0.5, 0.6) is 0 Å². The van der Waals surface area contributed by atoms with Crippen molar-refractivity contribution in [1.29, 1.82) is 0 Å². The van der Waals surface area contributed by atoms with Gasteiger partial charge < -0.3 is 14.6 Å². The predicted octanol–water partition coefficient (Wildman–Crippen LogP) is 1.11. The Labute approximate surface area is 140 Å². The van der Waals surface area contributed by atoms with Crippen LogP contribution in [0.25, 0.3) is 0 Å². The molecular formula is C16H19N3O4S. The maximum atomic E-state index is 12.0. The summed E-state index contributed by atoms with van der Waals surface area (Å²) in [5.74, 6) is -0.534. The smallest absolute Gasteiger partial charge is 0.287 e. The molecule has 0 atom stereocenters. The summed E-state index contributed by atoms with van der Waals surface area (Å²) in [5.41, 5.74) is 2.52. The number of hydrogen-bond acceptors (Lipinski definition) is 5. The molecule has 128 valence electrons. The number of carbonyl (C=O) groups excluding carboxylic acids is 1. The summed E-state index contributed by atoms with van der Waals surface area (Å²) in [6.45, 7) is 2.05. The van der Waals surface area contributed by atoms with Gasteiger partial charge in [-0.15, -0.1) is 0 Å². The van der Waals surface area contributed by atoms with Gasteiger partial charge in [-0.2, -0.15) is 0 Å². The summed E-state index contributed by atoms with van der Waals surface area (Å²) in [7, 11) is -3.94. The highest BCUT2D eigenvalue weighted by atomic mass is 32.2. The highest BCUT2D eigenvalue weighted by Crippen LogP contribution is 2.26. The molecule has 1 aliphatic rings. The SMILES string of the molecule is NS(=O)(=O)c1ccc(C(=O)NCCN2CCCc3ccccc32)o1. The number of nitrogens with one attached hydrogen (secondary N) is 1. The van der Waals surface area contributed by atoms with Gasteiger partial charge >= 0.3 is 0 Å². The van der Waals surface area contributed by atoms with Crippen molar-refractivity contribution in [3.8, 4) is 0 Å². The van der Waals surface area contributed by atoms with Gasteiger partial charge in [-0.3, -0.25) is 4.79 Å². The van der Waals surface area contributed by atoms with Gasteiger partial charge in [-0.25, -0.2) is 13.6 Å². The number of amides is 1. The molecule has 8 heteroatoms. The van der Waals surface area contributed by atoms with Gasteiger partial charge in [-0.1, -0.05) is 18.2 Å². The third kappa shape index (κ3) is 3.60. The fourth-order valence-electron chi connectivity index (χ4n) is 2.83. The van der Waals surface area contributed by atoms with Crippen molar-refractivity contribution >= 4 is 21.6 Å². The van der Waals surface area contributed by atoms with Gasteiger partial charge in [0.15, 0.2) is 5.76 Å². The molecule has 0 aliphatic carbocycles. The number of aryl methyl sites for hydroxylation is 1. The van der Waals surface area contributed by atoms with E-state index in [1.165, 1.54) is 23.4 Å². The number of carbonyl (C=O) groups is 1. The number of benzene rings is 1. The lowest BCUT2D eigenvalue weighted by atomic mass is 10.0. The second-order valence-corrected chi connectivity index (χ2v) is 7.13. The van der Waals surface area contributed by atoms with E-state index in [1.807, 2.05) is 12.1 Å². The Morgan fingerprint density at radius 2 is 2.04 bits per heavy atom. The molecule has 1 amide bonds. The minimum absolute atomic E-state index is 0.0712. The number of para-hydroxylation sites is 1. The molecule has 24 heavy (non-hydrogen) atoms. The largest absolute Gasteiger partial charge is 0.438 e. The van der Waals surface area contributed by atoms with Crippen LogP contribution in [-0.2, 0) is 16.4 Å². The second-order valence-electron chi connectivity index (χ2n) is 5.64. The summed E-state index contributed by atoms with van der Waals surface area (Å²) in [4.78, 5) is 14.2. The molecule has 3 N–H and O–H groups in total. The van der Waals surface area contributed by atoms with Crippen LogP contribution in [0, 0.1) is 0 Å². The Kier molecular flexibility index (Phi) is 4.59. The number of sulfonamides is 1. The molecule has 2 aromatic rings. The van der Waals surface area contributed by atoms with E-state index < -0.39 is 21.0 Å². The lowest BCUT2D eigenvalue weighted by Crippen LogP contribution is -2.37. The van der Waals surface area contributed by atoms with Gasteiger partial charge in [0.2, 0.25) is 5.09 Å². The fraction of sp³-hybridized carbons (Fsp3) is 0.312. The summed E-state index contributed by atoms with van der Waals surface area (Å²) >= 11 is 0. The molecular weight excluding hydrogens is 330 g/mol. The van der Waals surface area contributed by atoms with Crippen molar-refractivity contribution in [2.75, 3.05) is 24.5 Å².